The molecule has 4 rings (SSSR count). The standard InChI is InChI=1S/C23H23N3O4S/c1-3-29-16(14-27)13-26-22(28)19(12-25-23(26)31-2)24-11-15-8-9-21-18(10-15)17-6-4-5-7-20(17)30-21/h4-10,12,14,24,27H,3,11,13H2,1-2H3/b16-14-. The average molecular weight is 438 g/mol. The van der Waals surface area contributed by atoms with E-state index in [1.807, 2.05) is 49.6 Å². The molecular weight excluding hydrogens is 414 g/mol. The number of furan rings is 1. The van der Waals surface area contributed by atoms with Crippen LogP contribution in [0.2, 0.25) is 0 Å². The molecule has 2 aromatic heterocycles. The molecule has 0 radical (unpaired) electrons. The molecule has 4 aromatic rings. The van der Waals surface area contributed by atoms with Crippen molar-refractivity contribution in [3.63, 3.8) is 0 Å². The maximum Gasteiger partial charge on any atom is 0.277 e. The van der Waals surface area contributed by atoms with Gasteiger partial charge in [-0.05, 0) is 36.9 Å². The average Bonchev–Trinajstić information content (AvgIpc) is 3.17. The van der Waals surface area contributed by atoms with Gasteiger partial charge in [0.05, 0.1) is 19.3 Å². The van der Waals surface area contributed by atoms with Gasteiger partial charge in [0.1, 0.15) is 28.9 Å². The summed E-state index contributed by atoms with van der Waals surface area (Å²) >= 11 is 1.36. The summed E-state index contributed by atoms with van der Waals surface area (Å²) in [7, 11) is 0. The Labute approximate surface area is 183 Å². The highest BCUT2D eigenvalue weighted by Gasteiger charge is 2.13. The summed E-state index contributed by atoms with van der Waals surface area (Å²) in [6.07, 6.45) is 4.27. The number of thioether (sulfide) groups is 1. The molecule has 0 saturated heterocycles. The molecule has 0 saturated carbocycles. The molecule has 0 unspecified atom stereocenters. The number of aliphatic hydroxyl groups excluding tert-OH is 1. The predicted octanol–water partition coefficient (Wildman–Crippen LogP) is 4.91. The van der Waals surface area contributed by atoms with E-state index in [0.717, 1.165) is 33.8 Å². The second-order valence-electron chi connectivity index (χ2n) is 6.86. The monoisotopic (exact) mass is 437 g/mol. The smallest absolute Gasteiger partial charge is 0.277 e. The Balaban J connectivity index is 1.60. The molecule has 2 N–H and O–H groups in total. The van der Waals surface area contributed by atoms with Crippen LogP contribution in [0.4, 0.5) is 5.69 Å². The number of ether oxygens (including phenoxy) is 1. The summed E-state index contributed by atoms with van der Waals surface area (Å²) in [6, 6.07) is 13.9. The minimum Gasteiger partial charge on any atom is -0.512 e. The molecule has 0 aliphatic rings. The fourth-order valence-corrected chi connectivity index (χ4v) is 3.97. The summed E-state index contributed by atoms with van der Waals surface area (Å²) in [5, 5.41) is 15.2. The molecule has 2 aromatic carbocycles. The third-order valence-corrected chi connectivity index (χ3v) is 5.60. The number of aliphatic hydroxyl groups is 1. The number of rotatable bonds is 8. The van der Waals surface area contributed by atoms with E-state index in [1.165, 1.54) is 16.3 Å². The van der Waals surface area contributed by atoms with E-state index >= 15 is 0 Å². The number of nitrogens with zero attached hydrogens (tertiary/aromatic N) is 2. The summed E-state index contributed by atoms with van der Waals surface area (Å²) in [4.78, 5) is 17.4. The van der Waals surface area contributed by atoms with E-state index in [2.05, 4.69) is 16.4 Å². The van der Waals surface area contributed by atoms with Crippen molar-refractivity contribution in [1.29, 1.82) is 0 Å². The van der Waals surface area contributed by atoms with E-state index in [1.54, 1.807) is 6.20 Å². The van der Waals surface area contributed by atoms with Crippen LogP contribution in [0.3, 0.4) is 0 Å². The topological polar surface area (TPSA) is 89.5 Å². The van der Waals surface area contributed by atoms with Gasteiger partial charge in [0.25, 0.3) is 5.56 Å². The van der Waals surface area contributed by atoms with Gasteiger partial charge in [0.2, 0.25) is 0 Å². The number of anilines is 1. The van der Waals surface area contributed by atoms with Crippen molar-refractivity contribution in [2.24, 2.45) is 0 Å². The first-order valence-electron chi connectivity index (χ1n) is 9.88. The lowest BCUT2D eigenvalue weighted by Crippen LogP contribution is -2.27. The first kappa shape index (κ1) is 20.9. The zero-order valence-electron chi connectivity index (χ0n) is 17.3. The van der Waals surface area contributed by atoms with Crippen LogP contribution < -0.4 is 10.9 Å². The van der Waals surface area contributed by atoms with Crippen LogP contribution in [0, 0.1) is 0 Å². The van der Waals surface area contributed by atoms with Crippen molar-refractivity contribution in [2.45, 2.75) is 25.2 Å². The fraction of sp³-hybridized carbons (Fsp3) is 0.217. The number of nitrogens with one attached hydrogen (secondary N) is 1. The Kier molecular flexibility index (Phi) is 6.18. The number of para-hydroxylation sites is 1. The van der Waals surface area contributed by atoms with Crippen LogP contribution in [-0.4, -0.2) is 27.5 Å². The van der Waals surface area contributed by atoms with Gasteiger partial charge < -0.3 is 19.6 Å². The molecule has 0 aliphatic carbocycles. The third kappa shape index (κ3) is 4.25. The summed E-state index contributed by atoms with van der Waals surface area (Å²) in [5.74, 6) is 0.302. The van der Waals surface area contributed by atoms with Crippen LogP contribution in [0.25, 0.3) is 21.9 Å². The lowest BCUT2D eigenvalue weighted by atomic mass is 10.1. The van der Waals surface area contributed by atoms with Crippen molar-refractivity contribution in [2.75, 3.05) is 18.2 Å². The first-order valence-corrected chi connectivity index (χ1v) is 11.1. The normalized spacial score (nSPS) is 11.9. The van der Waals surface area contributed by atoms with Crippen molar-refractivity contribution < 1.29 is 14.3 Å². The van der Waals surface area contributed by atoms with Crippen LogP contribution in [-0.2, 0) is 17.8 Å². The van der Waals surface area contributed by atoms with Gasteiger partial charge in [-0.2, -0.15) is 0 Å². The molecule has 0 bridgehead atoms. The summed E-state index contributed by atoms with van der Waals surface area (Å²) in [5.41, 5.74) is 2.85. The van der Waals surface area contributed by atoms with Gasteiger partial charge >= 0.3 is 0 Å². The van der Waals surface area contributed by atoms with Crippen LogP contribution in [0.15, 0.2) is 75.1 Å². The number of hydrogen-bond acceptors (Lipinski definition) is 7. The lowest BCUT2D eigenvalue weighted by Gasteiger charge is -2.14. The highest BCUT2D eigenvalue weighted by atomic mass is 32.2. The summed E-state index contributed by atoms with van der Waals surface area (Å²) in [6.45, 7) is 2.78. The van der Waals surface area contributed by atoms with Crippen molar-refractivity contribution in [3.8, 4) is 0 Å². The first-order chi connectivity index (χ1) is 15.1. The van der Waals surface area contributed by atoms with E-state index in [9.17, 15) is 9.90 Å². The Morgan fingerprint density at radius 2 is 2.06 bits per heavy atom. The van der Waals surface area contributed by atoms with Gasteiger partial charge in [0.15, 0.2) is 5.16 Å². The van der Waals surface area contributed by atoms with Crippen molar-refractivity contribution in [1.82, 2.24) is 9.55 Å². The van der Waals surface area contributed by atoms with Gasteiger partial charge in [-0.3, -0.25) is 9.36 Å². The molecule has 8 heteroatoms. The highest BCUT2D eigenvalue weighted by Crippen LogP contribution is 2.29. The quantitative estimate of drug-likeness (QED) is 0.230. The number of aromatic nitrogens is 2. The van der Waals surface area contributed by atoms with E-state index < -0.39 is 0 Å². The van der Waals surface area contributed by atoms with Crippen LogP contribution >= 0.6 is 11.8 Å². The van der Waals surface area contributed by atoms with Crippen LogP contribution in [0.5, 0.6) is 0 Å². The van der Waals surface area contributed by atoms with E-state index in [0.29, 0.717) is 29.8 Å². The lowest BCUT2D eigenvalue weighted by molar-refractivity contribution is 0.197. The maximum atomic E-state index is 13.0. The molecule has 0 fully saturated rings. The zero-order valence-corrected chi connectivity index (χ0v) is 18.1. The zero-order chi connectivity index (χ0) is 21.8. The predicted molar refractivity (Wildman–Crippen MR) is 124 cm³/mol. The van der Waals surface area contributed by atoms with Crippen LogP contribution in [0.1, 0.15) is 12.5 Å². The molecular formula is C23H23N3O4S. The van der Waals surface area contributed by atoms with Gasteiger partial charge in [-0.25, -0.2) is 4.98 Å². The Morgan fingerprint density at radius 1 is 1.26 bits per heavy atom. The Morgan fingerprint density at radius 3 is 2.84 bits per heavy atom. The number of fused-ring (bicyclic) bond motifs is 3. The molecule has 160 valence electrons. The van der Waals surface area contributed by atoms with E-state index in [-0.39, 0.29) is 12.1 Å². The number of benzene rings is 2. The number of allylic oxidation sites excluding steroid dienone is 1. The summed E-state index contributed by atoms with van der Waals surface area (Å²) < 4.78 is 12.7. The van der Waals surface area contributed by atoms with Crippen molar-refractivity contribution in [3.05, 3.63) is 76.6 Å². The van der Waals surface area contributed by atoms with E-state index in [4.69, 9.17) is 9.15 Å². The minimum absolute atomic E-state index is 0.106. The maximum absolute atomic E-state index is 13.0. The minimum atomic E-state index is -0.228. The second-order valence-corrected chi connectivity index (χ2v) is 7.63. The molecule has 31 heavy (non-hydrogen) atoms. The third-order valence-electron chi connectivity index (χ3n) is 4.90. The molecule has 0 atom stereocenters. The Hall–Kier alpha value is -3.39. The molecule has 0 amide bonds. The molecule has 0 aliphatic heterocycles. The Bertz CT molecular complexity index is 1310. The SMILES string of the molecule is CCO/C(=C\O)Cn1c(SC)ncc(NCc2ccc3oc4ccccc4c3c2)c1=O. The van der Waals surface area contributed by atoms with Gasteiger partial charge in [-0.15, -0.1) is 0 Å². The highest BCUT2D eigenvalue weighted by molar-refractivity contribution is 7.98. The number of hydrogen-bond donors (Lipinski definition) is 2. The second kappa shape index (κ2) is 9.18. The molecule has 7 nitrogen and oxygen atoms in total. The molecule has 0 spiro atoms. The largest absolute Gasteiger partial charge is 0.512 e. The molecule has 2 heterocycles. The van der Waals surface area contributed by atoms with Gasteiger partial charge in [-0.1, -0.05) is 36.0 Å². The van der Waals surface area contributed by atoms with Gasteiger partial charge in [0, 0.05) is 17.3 Å². The fourth-order valence-electron chi connectivity index (χ4n) is 3.45. The van der Waals surface area contributed by atoms with Crippen molar-refractivity contribution >= 4 is 39.4 Å².